The Labute approximate surface area is 133 Å². The summed E-state index contributed by atoms with van der Waals surface area (Å²) in [6, 6.07) is 13.1. The van der Waals surface area contributed by atoms with E-state index in [0.717, 1.165) is 0 Å². The highest BCUT2D eigenvalue weighted by Gasteiger charge is 2.12. The first kappa shape index (κ1) is 15.9. The lowest BCUT2D eigenvalue weighted by atomic mass is 10.1. The highest BCUT2D eigenvalue weighted by molar-refractivity contribution is 6.30. The van der Waals surface area contributed by atoms with Crippen LogP contribution in [-0.4, -0.2) is 18.5 Å². The SMILES string of the molecule is CCNC(=O)c1ccccc1NC(=O)Nc1ccc(Cl)cc1. The lowest BCUT2D eigenvalue weighted by molar-refractivity contribution is 0.0956. The van der Waals surface area contributed by atoms with Gasteiger partial charge in [0.15, 0.2) is 0 Å². The van der Waals surface area contributed by atoms with Crippen LogP contribution in [0.25, 0.3) is 0 Å². The van der Waals surface area contributed by atoms with Gasteiger partial charge >= 0.3 is 6.03 Å². The highest BCUT2D eigenvalue weighted by atomic mass is 35.5. The first-order valence-corrected chi connectivity index (χ1v) is 7.18. The minimum atomic E-state index is -0.431. The fourth-order valence-electron chi connectivity index (χ4n) is 1.86. The summed E-state index contributed by atoms with van der Waals surface area (Å²) in [5, 5.41) is 8.64. The van der Waals surface area contributed by atoms with Gasteiger partial charge in [0.1, 0.15) is 0 Å². The molecule has 0 aromatic heterocycles. The number of hydrogen-bond donors (Lipinski definition) is 3. The number of hydrogen-bond acceptors (Lipinski definition) is 2. The Morgan fingerprint density at radius 2 is 1.68 bits per heavy atom. The zero-order valence-corrected chi connectivity index (χ0v) is 12.8. The molecule has 0 unspecified atom stereocenters. The third kappa shape index (κ3) is 4.23. The largest absolute Gasteiger partial charge is 0.352 e. The van der Waals surface area contributed by atoms with Gasteiger partial charge in [0, 0.05) is 17.3 Å². The van der Waals surface area contributed by atoms with Crippen molar-refractivity contribution in [3.63, 3.8) is 0 Å². The van der Waals surface area contributed by atoms with Crippen molar-refractivity contribution < 1.29 is 9.59 Å². The van der Waals surface area contributed by atoms with E-state index >= 15 is 0 Å². The van der Waals surface area contributed by atoms with E-state index in [1.54, 1.807) is 48.5 Å². The minimum Gasteiger partial charge on any atom is -0.352 e. The van der Waals surface area contributed by atoms with Crippen LogP contribution >= 0.6 is 11.6 Å². The Kier molecular flexibility index (Phi) is 5.38. The van der Waals surface area contributed by atoms with Gasteiger partial charge in [0.25, 0.3) is 5.91 Å². The first-order valence-electron chi connectivity index (χ1n) is 6.81. The maximum absolute atomic E-state index is 12.0. The number of carbonyl (C=O) groups excluding carboxylic acids is 2. The highest BCUT2D eigenvalue weighted by Crippen LogP contribution is 2.17. The van der Waals surface area contributed by atoms with Crippen molar-refractivity contribution in [1.82, 2.24) is 5.32 Å². The van der Waals surface area contributed by atoms with Crippen LogP contribution in [0.3, 0.4) is 0 Å². The molecular formula is C16H16ClN3O2. The summed E-state index contributed by atoms with van der Waals surface area (Å²) < 4.78 is 0. The van der Waals surface area contributed by atoms with Gasteiger partial charge in [-0.3, -0.25) is 4.79 Å². The van der Waals surface area contributed by atoms with Crippen LogP contribution in [0.1, 0.15) is 17.3 Å². The average Bonchev–Trinajstić information content (AvgIpc) is 2.50. The van der Waals surface area contributed by atoms with Crippen molar-refractivity contribution in [3.05, 3.63) is 59.1 Å². The van der Waals surface area contributed by atoms with Crippen molar-refractivity contribution in [2.75, 3.05) is 17.2 Å². The Morgan fingerprint density at radius 3 is 2.36 bits per heavy atom. The molecule has 0 bridgehead atoms. The molecule has 0 spiro atoms. The summed E-state index contributed by atoms with van der Waals surface area (Å²) in [5.41, 5.74) is 1.47. The topological polar surface area (TPSA) is 70.2 Å². The van der Waals surface area contributed by atoms with Gasteiger partial charge in [-0.05, 0) is 43.3 Å². The second-order valence-corrected chi connectivity index (χ2v) is 4.93. The number of anilines is 2. The van der Waals surface area contributed by atoms with Crippen molar-refractivity contribution in [2.24, 2.45) is 0 Å². The van der Waals surface area contributed by atoms with Crippen molar-refractivity contribution in [1.29, 1.82) is 0 Å². The molecule has 2 aromatic carbocycles. The molecule has 2 aromatic rings. The number of urea groups is 1. The zero-order chi connectivity index (χ0) is 15.9. The lowest BCUT2D eigenvalue weighted by Gasteiger charge is -2.11. The van der Waals surface area contributed by atoms with Gasteiger partial charge in [-0.2, -0.15) is 0 Å². The summed E-state index contributed by atoms with van der Waals surface area (Å²) in [7, 11) is 0. The predicted molar refractivity (Wildman–Crippen MR) is 88.5 cm³/mol. The van der Waals surface area contributed by atoms with E-state index in [9.17, 15) is 9.59 Å². The van der Waals surface area contributed by atoms with Crippen molar-refractivity contribution in [3.8, 4) is 0 Å². The molecule has 0 aliphatic rings. The van der Waals surface area contributed by atoms with Gasteiger partial charge in [-0.1, -0.05) is 23.7 Å². The lowest BCUT2D eigenvalue weighted by Crippen LogP contribution is -2.26. The van der Waals surface area contributed by atoms with E-state index in [4.69, 9.17) is 11.6 Å². The number of carbonyl (C=O) groups is 2. The number of halogens is 1. The molecular weight excluding hydrogens is 302 g/mol. The van der Waals surface area contributed by atoms with E-state index < -0.39 is 6.03 Å². The molecule has 114 valence electrons. The second-order valence-electron chi connectivity index (χ2n) is 4.49. The zero-order valence-electron chi connectivity index (χ0n) is 12.0. The van der Waals surface area contributed by atoms with Gasteiger partial charge in [-0.15, -0.1) is 0 Å². The van der Waals surface area contributed by atoms with E-state index in [0.29, 0.717) is 28.5 Å². The third-order valence-electron chi connectivity index (χ3n) is 2.86. The molecule has 3 N–H and O–H groups in total. The molecule has 0 radical (unpaired) electrons. The minimum absolute atomic E-state index is 0.232. The van der Waals surface area contributed by atoms with Crippen LogP contribution < -0.4 is 16.0 Å². The Morgan fingerprint density at radius 1 is 1.00 bits per heavy atom. The van der Waals surface area contributed by atoms with E-state index in [-0.39, 0.29) is 5.91 Å². The summed E-state index contributed by atoms with van der Waals surface area (Å²) in [6.07, 6.45) is 0. The van der Waals surface area contributed by atoms with Crippen LogP contribution in [0.2, 0.25) is 5.02 Å². The smallest absolute Gasteiger partial charge is 0.323 e. The fourth-order valence-corrected chi connectivity index (χ4v) is 1.99. The molecule has 0 heterocycles. The van der Waals surface area contributed by atoms with E-state index in [1.165, 1.54) is 0 Å². The Bertz CT molecular complexity index is 671. The third-order valence-corrected chi connectivity index (χ3v) is 3.11. The number of para-hydroxylation sites is 1. The molecule has 0 aliphatic heterocycles. The Balaban J connectivity index is 2.08. The summed E-state index contributed by atoms with van der Waals surface area (Å²) in [6.45, 7) is 2.35. The number of benzene rings is 2. The first-order chi connectivity index (χ1) is 10.6. The maximum atomic E-state index is 12.0. The molecule has 6 heteroatoms. The van der Waals surface area contributed by atoms with Crippen LogP contribution in [0.4, 0.5) is 16.2 Å². The molecule has 2 rings (SSSR count). The summed E-state index contributed by atoms with van der Waals surface area (Å²) >= 11 is 5.79. The van der Waals surface area contributed by atoms with Gasteiger partial charge < -0.3 is 16.0 Å². The van der Waals surface area contributed by atoms with Crippen molar-refractivity contribution in [2.45, 2.75) is 6.92 Å². The van der Waals surface area contributed by atoms with Crippen molar-refractivity contribution >= 4 is 34.9 Å². The van der Waals surface area contributed by atoms with Crippen LogP contribution in [0.5, 0.6) is 0 Å². The van der Waals surface area contributed by atoms with Crippen LogP contribution in [0.15, 0.2) is 48.5 Å². The van der Waals surface area contributed by atoms with Gasteiger partial charge in [0.05, 0.1) is 11.3 Å². The normalized spacial score (nSPS) is 9.91. The van der Waals surface area contributed by atoms with Gasteiger partial charge in [-0.25, -0.2) is 4.79 Å². The maximum Gasteiger partial charge on any atom is 0.323 e. The standard InChI is InChI=1S/C16H16ClN3O2/c1-2-18-15(21)13-5-3-4-6-14(13)20-16(22)19-12-9-7-11(17)8-10-12/h3-10H,2H2,1H3,(H,18,21)(H2,19,20,22). The predicted octanol–water partition coefficient (Wildman–Crippen LogP) is 3.73. The molecule has 22 heavy (non-hydrogen) atoms. The average molecular weight is 318 g/mol. The summed E-state index contributed by atoms with van der Waals surface area (Å²) in [5.74, 6) is -0.232. The molecule has 3 amide bonds. The van der Waals surface area contributed by atoms with Crippen LogP contribution in [-0.2, 0) is 0 Å². The molecule has 0 fully saturated rings. The molecule has 0 atom stereocenters. The number of rotatable bonds is 4. The van der Waals surface area contributed by atoms with E-state index in [1.807, 2.05) is 6.92 Å². The molecule has 0 aliphatic carbocycles. The quantitative estimate of drug-likeness (QED) is 0.804. The second kappa shape index (κ2) is 7.47. The molecule has 0 saturated carbocycles. The molecule has 0 saturated heterocycles. The monoisotopic (exact) mass is 317 g/mol. The summed E-state index contributed by atoms with van der Waals surface area (Å²) in [4.78, 5) is 24.0. The number of nitrogens with one attached hydrogen (secondary N) is 3. The van der Waals surface area contributed by atoms with Gasteiger partial charge in [0.2, 0.25) is 0 Å². The molecule has 5 nitrogen and oxygen atoms in total. The Hall–Kier alpha value is -2.53. The van der Waals surface area contributed by atoms with Crippen LogP contribution in [0, 0.1) is 0 Å². The number of amides is 3. The van der Waals surface area contributed by atoms with E-state index in [2.05, 4.69) is 16.0 Å². The fraction of sp³-hybridized carbons (Fsp3) is 0.125.